The first-order valence-electron chi connectivity index (χ1n) is 15.8. The summed E-state index contributed by atoms with van der Waals surface area (Å²) in [6, 6.07) is 11.9. The fraction of sp³-hybridized carbons (Fsp3) is 0.294. The van der Waals surface area contributed by atoms with Crippen molar-refractivity contribution in [2.75, 3.05) is 10.6 Å². The van der Waals surface area contributed by atoms with E-state index in [-0.39, 0.29) is 22.4 Å². The predicted octanol–water partition coefficient (Wildman–Crippen LogP) is 7.31. The molecule has 0 saturated carbocycles. The van der Waals surface area contributed by atoms with Crippen molar-refractivity contribution >= 4 is 80.1 Å². The van der Waals surface area contributed by atoms with Crippen LogP contribution in [0.2, 0.25) is 15.7 Å². The number of carbonyl (C=O) groups excluding carboxylic acids is 2. The molecule has 15 heteroatoms. The Morgan fingerprint density at radius 2 is 1.35 bits per heavy atom. The number of amides is 2. The number of anilines is 2. The van der Waals surface area contributed by atoms with E-state index in [0.717, 1.165) is 64.8 Å². The molecule has 2 aliphatic rings. The molecule has 2 N–H and O–H groups in total. The number of nitrogens with one attached hydrogen (secondary N) is 2. The summed E-state index contributed by atoms with van der Waals surface area (Å²) >= 11 is 17.6. The summed E-state index contributed by atoms with van der Waals surface area (Å²) < 4.78 is 3.62. The van der Waals surface area contributed by atoms with Crippen LogP contribution in [0.1, 0.15) is 60.6 Å². The number of fused-ring (bicyclic) bond motifs is 4. The zero-order valence-corrected chi connectivity index (χ0v) is 29.5. The third kappa shape index (κ3) is 7.51. The van der Waals surface area contributed by atoms with Gasteiger partial charge in [-0.15, -0.1) is 0 Å². The largest absolute Gasteiger partial charge is 0.326 e. The molecule has 0 spiro atoms. The third-order valence-electron chi connectivity index (χ3n) is 7.88. The monoisotopic (exact) mass is 718 g/mol. The number of rotatable bonds is 5. The summed E-state index contributed by atoms with van der Waals surface area (Å²) in [5.41, 5.74) is 7.80. The molecule has 6 heterocycles. The van der Waals surface area contributed by atoms with Gasteiger partial charge in [-0.3, -0.25) is 19.0 Å². The maximum Gasteiger partial charge on any atom is 0.238 e. The quantitative estimate of drug-likeness (QED) is 0.139. The van der Waals surface area contributed by atoms with Crippen LogP contribution in [0.15, 0.2) is 48.8 Å². The van der Waals surface area contributed by atoms with Crippen molar-refractivity contribution in [3.63, 3.8) is 0 Å². The van der Waals surface area contributed by atoms with Crippen LogP contribution >= 0.6 is 34.8 Å². The van der Waals surface area contributed by atoms with Crippen LogP contribution < -0.4 is 10.6 Å². The zero-order valence-electron chi connectivity index (χ0n) is 27.3. The number of carbonyl (C=O) groups is 2. The Kier molecular flexibility index (Phi) is 10.1. The molecule has 49 heavy (non-hydrogen) atoms. The molecule has 6 aromatic rings. The third-order valence-corrected chi connectivity index (χ3v) is 8.51. The number of halogens is 3. The maximum absolute atomic E-state index is 12.6. The number of aromatic nitrogens is 8. The van der Waals surface area contributed by atoms with Gasteiger partial charge in [0.2, 0.25) is 22.4 Å². The lowest BCUT2D eigenvalue weighted by atomic mass is 9.94. The Hall–Kier alpha value is -4.65. The fourth-order valence-electron chi connectivity index (χ4n) is 5.76. The highest BCUT2D eigenvalue weighted by Crippen LogP contribution is 2.39. The van der Waals surface area contributed by atoms with Crippen LogP contribution in [-0.2, 0) is 29.1 Å². The summed E-state index contributed by atoms with van der Waals surface area (Å²) in [6.45, 7) is 9.80. The lowest BCUT2D eigenvalue weighted by molar-refractivity contribution is -0.116. The molecule has 2 aromatic carbocycles. The summed E-state index contributed by atoms with van der Waals surface area (Å²) in [5.74, 6) is -0.498. The van der Waals surface area contributed by atoms with Crippen LogP contribution in [0.3, 0.4) is 0 Å². The highest BCUT2D eigenvalue weighted by molar-refractivity contribution is 6.35. The molecule has 0 bridgehead atoms. The number of hydrogen-bond acceptors (Lipinski definition) is 8. The van der Waals surface area contributed by atoms with Crippen LogP contribution in [0.5, 0.6) is 0 Å². The molecule has 0 fully saturated rings. The van der Waals surface area contributed by atoms with Crippen molar-refractivity contribution in [3.05, 3.63) is 92.5 Å². The molecule has 252 valence electrons. The first-order chi connectivity index (χ1) is 23.5. The van der Waals surface area contributed by atoms with Gasteiger partial charge in [0.05, 0.1) is 22.9 Å². The van der Waals surface area contributed by atoms with Crippen LogP contribution in [0, 0.1) is 13.8 Å². The maximum atomic E-state index is 12.6. The summed E-state index contributed by atoms with van der Waals surface area (Å²) in [6.07, 6.45) is 6.23. The summed E-state index contributed by atoms with van der Waals surface area (Å²) in [4.78, 5) is 39.9. The highest BCUT2D eigenvalue weighted by Gasteiger charge is 2.35. The van der Waals surface area contributed by atoms with Gasteiger partial charge in [0.25, 0.3) is 0 Å². The van der Waals surface area contributed by atoms with E-state index in [2.05, 4.69) is 54.6 Å². The highest BCUT2D eigenvalue weighted by atomic mass is 35.5. The minimum absolute atomic E-state index is 0.102. The van der Waals surface area contributed by atoms with Crippen molar-refractivity contribution in [3.8, 4) is 0 Å². The topological polar surface area (TPSA) is 145 Å². The van der Waals surface area contributed by atoms with E-state index in [1.165, 1.54) is 5.56 Å². The van der Waals surface area contributed by atoms with E-state index < -0.39 is 5.92 Å². The molecular formula is C34H33Cl3N10O2. The fourth-order valence-corrected chi connectivity index (χ4v) is 6.35. The van der Waals surface area contributed by atoms with Gasteiger partial charge in [-0.25, -0.2) is 9.97 Å². The second-order valence-electron chi connectivity index (χ2n) is 11.8. The molecule has 1 atom stereocenters. The average Bonchev–Trinajstić information content (AvgIpc) is 3.80. The molecule has 1 unspecified atom stereocenters. The van der Waals surface area contributed by atoms with Crippen LogP contribution in [-0.4, -0.2) is 51.3 Å². The van der Waals surface area contributed by atoms with Crippen molar-refractivity contribution in [1.29, 1.82) is 0 Å². The van der Waals surface area contributed by atoms with Crippen LogP contribution in [0.4, 0.5) is 11.4 Å². The van der Waals surface area contributed by atoms with E-state index in [1.54, 1.807) is 4.68 Å². The van der Waals surface area contributed by atoms with E-state index in [4.69, 9.17) is 34.8 Å². The minimum Gasteiger partial charge on any atom is -0.326 e. The Bertz CT molecular complexity index is 2210. The molecule has 0 radical (unpaired) electrons. The second kappa shape index (κ2) is 14.5. The number of aryl methyl sites for hydroxylation is 4. The second-order valence-corrected chi connectivity index (χ2v) is 12.9. The Morgan fingerprint density at radius 3 is 2.02 bits per heavy atom. The number of hydrogen-bond donors (Lipinski definition) is 2. The minimum atomic E-state index is -0.498. The molecule has 2 amide bonds. The molecular weight excluding hydrogens is 687 g/mol. The normalized spacial score (nSPS) is 14.5. The number of benzene rings is 2. The summed E-state index contributed by atoms with van der Waals surface area (Å²) in [5, 5.41) is 16.5. The van der Waals surface area contributed by atoms with Gasteiger partial charge < -0.3 is 10.6 Å². The molecule has 8 rings (SSSR count). The van der Waals surface area contributed by atoms with Gasteiger partial charge in [0.1, 0.15) is 11.1 Å². The van der Waals surface area contributed by atoms with Crippen LogP contribution in [0.25, 0.3) is 22.1 Å². The van der Waals surface area contributed by atoms with Gasteiger partial charge in [-0.2, -0.15) is 20.2 Å². The van der Waals surface area contributed by atoms with Gasteiger partial charge in [-0.05, 0) is 73.2 Å². The first kappa shape index (κ1) is 34.2. The van der Waals surface area contributed by atoms with Gasteiger partial charge in [0.15, 0.2) is 11.3 Å². The Labute approximate surface area is 297 Å². The lowest BCUT2D eigenvalue weighted by Crippen LogP contribution is -2.15. The Balaban J connectivity index is 0.000000141. The number of nitrogens with zero attached hydrogens (tertiary/aromatic N) is 8. The van der Waals surface area contributed by atoms with Crippen molar-refractivity contribution in [2.24, 2.45) is 0 Å². The smallest absolute Gasteiger partial charge is 0.238 e. The zero-order chi connectivity index (χ0) is 34.8. The van der Waals surface area contributed by atoms with E-state index in [9.17, 15) is 9.59 Å². The average molecular weight is 720 g/mol. The van der Waals surface area contributed by atoms with E-state index in [1.807, 2.05) is 67.3 Å². The van der Waals surface area contributed by atoms with Gasteiger partial charge >= 0.3 is 0 Å². The first-order valence-corrected chi connectivity index (χ1v) is 16.9. The summed E-state index contributed by atoms with van der Waals surface area (Å²) in [7, 11) is 0. The van der Waals surface area contributed by atoms with Gasteiger partial charge in [0, 0.05) is 36.9 Å². The van der Waals surface area contributed by atoms with Crippen molar-refractivity contribution < 1.29 is 9.59 Å². The molecule has 2 aliphatic heterocycles. The molecule has 4 aromatic heterocycles. The van der Waals surface area contributed by atoms with E-state index in [0.29, 0.717) is 28.6 Å². The standard InChI is InChI=1S/C17H16ClN5O.C9H9NO.C8H8Cl2N4/c1-3-6-23-8-11-14(20-17(18)21-15(11)22-23)13-10-7-9(2)4-5-12(10)19-16(13)24;1-6-2-3-8-7(4-6)5-9(11)10-8;1-2-3-14-4-5-6(9)11-8(10)12-7(5)13-14/h4-5,7-8,13H,3,6H2,1-2H3,(H,19,24);2-4H,5H2,1H3,(H,10,11);4H,2-3H2,1H3. The van der Waals surface area contributed by atoms with E-state index >= 15 is 0 Å². The SMILES string of the molecule is CCCn1cc2c(C3C(=O)Nc4ccc(C)cc43)nc(Cl)nc2n1.CCCn1cc2c(Cl)nc(Cl)nc2n1.Cc1ccc2c(c1)CC(=O)N2. The van der Waals surface area contributed by atoms with Gasteiger partial charge in [-0.1, -0.05) is 60.8 Å². The molecule has 0 saturated heterocycles. The Morgan fingerprint density at radius 1 is 0.755 bits per heavy atom. The molecule has 12 nitrogen and oxygen atoms in total. The molecule has 0 aliphatic carbocycles. The predicted molar refractivity (Wildman–Crippen MR) is 191 cm³/mol. The lowest BCUT2D eigenvalue weighted by Gasteiger charge is -2.10. The van der Waals surface area contributed by atoms with Crippen molar-refractivity contribution in [2.45, 2.75) is 66.0 Å². The van der Waals surface area contributed by atoms with Crippen molar-refractivity contribution in [1.82, 2.24) is 39.5 Å².